The molecule has 0 fully saturated rings. The Morgan fingerprint density at radius 3 is 0.980 bits per heavy atom. The summed E-state index contributed by atoms with van der Waals surface area (Å²) in [6, 6.07) is 26.6. The third-order valence-electron chi connectivity index (χ3n) is 11.5. The van der Waals surface area contributed by atoms with E-state index in [-0.39, 0.29) is 16.6 Å². The lowest BCUT2D eigenvalue weighted by Gasteiger charge is -2.30. The molecule has 0 spiro atoms. The van der Waals surface area contributed by atoms with Crippen LogP contribution in [0.25, 0.3) is 33.9 Å². The summed E-state index contributed by atoms with van der Waals surface area (Å²) in [5.41, 5.74) is 4.56. The Labute approximate surface area is 302 Å². The molecular weight excluding hydrogens is 635 g/mol. The third kappa shape index (κ3) is 6.02. The fraction of sp³-hybridized carbons (Fsp3) is 0.419. The lowest BCUT2D eigenvalue weighted by atomic mass is 9.87. The minimum atomic E-state index is -0.437. The average Bonchev–Trinajstić information content (AvgIpc) is 3.54. The number of aliphatic imine (C=N–C) groups is 3. The summed E-state index contributed by atoms with van der Waals surface area (Å²) in [5.74, 6) is 2.47. The summed E-state index contributed by atoms with van der Waals surface area (Å²) >= 11 is 0. The van der Waals surface area contributed by atoms with Crippen LogP contribution in [0.3, 0.4) is 0 Å². The molecule has 0 amide bonds. The van der Waals surface area contributed by atoms with Crippen molar-refractivity contribution in [3.05, 3.63) is 95.6 Å². The predicted octanol–water partition coefficient (Wildman–Crippen LogP) is 9.48. The number of nitrogens with zero attached hydrogens (tertiary/aromatic N) is 5. The Hall–Kier alpha value is -4.85. The van der Waals surface area contributed by atoms with Gasteiger partial charge in [-0.25, -0.2) is 24.9 Å². The van der Waals surface area contributed by atoms with Crippen LogP contribution >= 0.6 is 0 Å². The zero-order valence-electron chi connectivity index (χ0n) is 32.0. The van der Waals surface area contributed by atoms with Crippen molar-refractivity contribution in [2.75, 3.05) is 0 Å². The summed E-state index contributed by atoms with van der Waals surface area (Å²) in [7, 11) is 0. The van der Waals surface area contributed by atoms with E-state index >= 15 is 0 Å². The van der Waals surface area contributed by atoms with Crippen LogP contribution in [-0.2, 0) is 14.2 Å². The first-order chi connectivity index (χ1) is 23.7. The quantitative estimate of drug-likeness (QED) is 0.202. The van der Waals surface area contributed by atoms with Crippen LogP contribution < -0.4 is 0 Å². The summed E-state index contributed by atoms with van der Waals surface area (Å²) in [4.78, 5) is 25.2. The third-order valence-corrected chi connectivity index (χ3v) is 11.5. The summed E-state index contributed by atoms with van der Waals surface area (Å²) in [6.45, 7) is 25.0. The monoisotopic (exact) mass is 683 g/mol. The molecule has 0 radical (unpaired) electrons. The van der Waals surface area contributed by atoms with Crippen molar-refractivity contribution in [3.8, 4) is 33.9 Å². The zero-order chi connectivity index (χ0) is 36.8. The average molecular weight is 684 g/mol. The van der Waals surface area contributed by atoms with E-state index < -0.39 is 16.8 Å². The van der Waals surface area contributed by atoms with Gasteiger partial charge in [0.25, 0.3) is 0 Å². The van der Waals surface area contributed by atoms with Gasteiger partial charge in [-0.3, -0.25) is 0 Å². The number of ether oxygens (including phenoxy) is 3. The van der Waals surface area contributed by atoms with Gasteiger partial charge in [-0.1, -0.05) is 36.4 Å². The molecule has 1 aromatic heterocycles. The fourth-order valence-corrected chi connectivity index (χ4v) is 5.99. The zero-order valence-corrected chi connectivity index (χ0v) is 32.0. The molecule has 51 heavy (non-hydrogen) atoms. The fourth-order valence-electron chi connectivity index (χ4n) is 5.99. The van der Waals surface area contributed by atoms with E-state index in [1.54, 1.807) is 0 Å². The van der Waals surface area contributed by atoms with Gasteiger partial charge < -0.3 is 14.2 Å². The lowest BCUT2D eigenvalue weighted by molar-refractivity contribution is 0.0618. The van der Waals surface area contributed by atoms with Gasteiger partial charge in [0.2, 0.25) is 17.7 Å². The molecule has 0 unspecified atom stereocenters. The maximum Gasteiger partial charge on any atom is 0.217 e. The van der Waals surface area contributed by atoms with E-state index in [1.165, 1.54) is 0 Å². The van der Waals surface area contributed by atoms with E-state index in [9.17, 15) is 0 Å². The molecule has 0 atom stereocenters. The molecule has 264 valence electrons. The van der Waals surface area contributed by atoms with Gasteiger partial charge in [-0.05, 0) is 126 Å². The molecule has 0 N–H and O–H groups in total. The first-order valence-corrected chi connectivity index (χ1v) is 17.8. The number of aromatic nitrogens is 2. The van der Waals surface area contributed by atoms with Gasteiger partial charge in [-0.2, -0.15) is 0 Å². The van der Waals surface area contributed by atoms with Gasteiger partial charge in [-0.15, -0.1) is 0 Å². The maximum atomic E-state index is 6.38. The highest BCUT2D eigenvalue weighted by Crippen LogP contribution is 2.40. The van der Waals surface area contributed by atoms with Gasteiger partial charge in [0.1, 0.15) is 16.8 Å². The lowest BCUT2D eigenvalue weighted by Crippen LogP contribution is -2.41. The normalized spacial score (nSPS) is 21.5. The van der Waals surface area contributed by atoms with E-state index in [1.807, 2.05) is 48.5 Å². The van der Waals surface area contributed by atoms with Crippen LogP contribution in [0.4, 0.5) is 0 Å². The van der Waals surface area contributed by atoms with Crippen molar-refractivity contribution in [2.45, 2.75) is 117 Å². The number of hydrogen-bond acceptors (Lipinski definition) is 8. The Bertz CT molecular complexity index is 1900. The summed E-state index contributed by atoms with van der Waals surface area (Å²) in [5, 5.41) is 0. The maximum absolute atomic E-state index is 6.38. The van der Waals surface area contributed by atoms with Crippen LogP contribution in [0.2, 0.25) is 0 Å². The Morgan fingerprint density at radius 1 is 0.373 bits per heavy atom. The molecule has 4 aromatic rings. The second kappa shape index (κ2) is 11.3. The molecule has 3 aliphatic heterocycles. The van der Waals surface area contributed by atoms with Crippen molar-refractivity contribution in [1.29, 1.82) is 0 Å². The van der Waals surface area contributed by atoms with Crippen LogP contribution in [-0.4, -0.2) is 61.1 Å². The molecule has 8 nitrogen and oxygen atoms in total. The highest BCUT2D eigenvalue weighted by Gasteiger charge is 2.47. The SMILES string of the molecule is CC1(C)N=C(c2cccc(-c3cc(-c4cccc(C5=NC(C)(C)C(C)(C)O5)c4)nc(-c4cccc(C5=NC(C)(C)C(C)(C)O5)c4)n3)c2)OC1(C)C. The summed E-state index contributed by atoms with van der Waals surface area (Å²) < 4.78 is 19.1. The number of benzene rings is 3. The number of hydrogen-bond donors (Lipinski definition) is 0. The molecule has 0 aliphatic carbocycles. The standard InChI is InChI=1S/C43H49N5O3/c1-38(2)41(7,8)49-35(46-38)29-19-13-16-26(22-29)32-25-33(27-17-14-20-30(23-27)36-47-39(3,4)42(9,10)50-36)45-34(44-32)28-18-15-21-31(24-28)37-48-40(5,6)43(11,12)51-37/h13-25H,1-12H3. The number of rotatable bonds is 6. The molecule has 0 saturated heterocycles. The first-order valence-electron chi connectivity index (χ1n) is 17.8. The molecule has 8 heteroatoms. The van der Waals surface area contributed by atoms with E-state index in [2.05, 4.69) is 113 Å². The van der Waals surface area contributed by atoms with Crippen LogP contribution in [0.5, 0.6) is 0 Å². The molecule has 0 bridgehead atoms. The van der Waals surface area contributed by atoms with Gasteiger partial charge >= 0.3 is 0 Å². The van der Waals surface area contributed by atoms with Crippen LogP contribution in [0.1, 0.15) is 99.8 Å². The Kier molecular flexibility index (Phi) is 7.68. The van der Waals surface area contributed by atoms with E-state index in [4.69, 9.17) is 39.2 Å². The van der Waals surface area contributed by atoms with E-state index in [0.717, 1.165) is 44.8 Å². The topological polar surface area (TPSA) is 90.6 Å². The van der Waals surface area contributed by atoms with Gasteiger partial charge in [0.05, 0.1) is 28.0 Å². The second-order valence-corrected chi connectivity index (χ2v) is 17.0. The van der Waals surface area contributed by atoms with E-state index in [0.29, 0.717) is 23.5 Å². The van der Waals surface area contributed by atoms with Gasteiger partial charge in [0.15, 0.2) is 5.82 Å². The van der Waals surface area contributed by atoms with Crippen molar-refractivity contribution in [3.63, 3.8) is 0 Å². The molecular formula is C43H49N5O3. The first kappa shape index (κ1) is 34.6. The molecule has 3 aliphatic rings. The molecule has 7 rings (SSSR count). The van der Waals surface area contributed by atoms with Gasteiger partial charge in [0, 0.05) is 33.4 Å². The van der Waals surface area contributed by atoms with Crippen molar-refractivity contribution in [1.82, 2.24) is 9.97 Å². The largest absolute Gasteiger partial charge is 0.469 e. The summed E-state index contributed by atoms with van der Waals surface area (Å²) in [6.07, 6.45) is 0. The molecule has 3 aromatic carbocycles. The minimum Gasteiger partial charge on any atom is -0.469 e. The highest BCUT2D eigenvalue weighted by molar-refractivity contribution is 5.99. The molecule has 0 saturated carbocycles. The smallest absolute Gasteiger partial charge is 0.217 e. The highest BCUT2D eigenvalue weighted by atomic mass is 16.5. The van der Waals surface area contributed by atoms with Crippen LogP contribution in [0.15, 0.2) is 93.8 Å². The predicted molar refractivity (Wildman–Crippen MR) is 206 cm³/mol. The minimum absolute atomic E-state index is 0.362. The molecule has 4 heterocycles. The second-order valence-electron chi connectivity index (χ2n) is 17.0. The Balaban J connectivity index is 1.35. The van der Waals surface area contributed by atoms with Crippen LogP contribution in [0, 0.1) is 0 Å². The van der Waals surface area contributed by atoms with Crippen molar-refractivity contribution >= 4 is 17.7 Å². The van der Waals surface area contributed by atoms with Crippen molar-refractivity contribution in [2.24, 2.45) is 15.0 Å². The van der Waals surface area contributed by atoms with Crippen molar-refractivity contribution < 1.29 is 14.2 Å². The Morgan fingerprint density at radius 2 is 0.667 bits per heavy atom.